The maximum atomic E-state index is 12.5. The molecular formula is C16H15BrO3. The van der Waals surface area contributed by atoms with Crippen LogP contribution in [0.25, 0.3) is 0 Å². The topological polar surface area (TPSA) is 35.5 Å². The average Bonchev–Trinajstić information content (AvgIpc) is 2.48. The normalized spacial score (nSPS) is 10.2. The zero-order chi connectivity index (χ0) is 14.7. The Hall–Kier alpha value is -1.81. The van der Waals surface area contributed by atoms with E-state index >= 15 is 0 Å². The smallest absolute Gasteiger partial charge is 0.193 e. The van der Waals surface area contributed by atoms with Gasteiger partial charge in [0, 0.05) is 21.7 Å². The quantitative estimate of drug-likeness (QED) is 0.792. The largest absolute Gasteiger partial charge is 0.497 e. The first-order valence-corrected chi connectivity index (χ1v) is 6.88. The Labute approximate surface area is 126 Å². The van der Waals surface area contributed by atoms with Crippen molar-refractivity contribution in [3.05, 3.63) is 57.6 Å². The number of hydrogen-bond acceptors (Lipinski definition) is 3. The number of rotatable bonds is 4. The Bertz CT molecular complexity index is 628. The van der Waals surface area contributed by atoms with Gasteiger partial charge in [-0.05, 0) is 42.8 Å². The minimum absolute atomic E-state index is 0.0576. The second-order valence-electron chi connectivity index (χ2n) is 4.39. The molecule has 0 saturated carbocycles. The predicted octanol–water partition coefficient (Wildman–Crippen LogP) is 4.01. The number of carbonyl (C=O) groups is 1. The van der Waals surface area contributed by atoms with Crippen molar-refractivity contribution in [2.45, 2.75) is 6.92 Å². The van der Waals surface area contributed by atoms with Crippen LogP contribution in [0, 0.1) is 6.92 Å². The summed E-state index contributed by atoms with van der Waals surface area (Å²) < 4.78 is 11.4. The van der Waals surface area contributed by atoms with Crippen LogP contribution in [0.1, 0.15) is 21.5 Å². The molecule has 0 aliphatic rings. The van der Waals surface area contributed by atoms with Crippen LogP contribution in [0.5, 0.6) is 11.5 Å². The van der Waals surface area contributed by atoms with E-state index in [-0.39, 0.29) is 5.78 Å². The number of carbonyl (C=O) groups excluding carboxylic acids is 1. The summed E-state index contributed by atoms with van der Waals surface area (Å²) in [5.41, 5.74) is 2.20. The summed E-state index contributed by atoms with van der Waals surface area (Å²) in [7, 11) is 3.12. The molecule has 0 radical (unpaired) electrons. The minimum Gasteiger partial charge on any atom is -0.497 e. The molecule has 0 saturated heterocycles. The molecule has 4 heteroatoms. The number of hydrogen-bond donors (Lipinski definition) is 0. The van der Waals surface area contributed by atoms with E-state index in [4.69, 9.17) is 9.47 Å². The second-order valence-corrected chi connectivity index (χ2v) is 5.25. The van der Waals surface area contributed by atoms with Crippen molar-refractivity contribution in [1.29, 1.82) is 0 Å². The molecule has 0 heterocycles. The van der Waals surface area contributed by atoms with Crippen LogP contribution in [0.2, 0.25) is 0 Å². The summed E-state index contributed by atoms with van der Waals surface area (Å²) in [6, 6.07) is 10.7. The van der Waals surface area contributed by atoms with Crippen molar-refractivity contribution in [3.8, 4) is 11.5 Å². The summed E-state index contributed by atoms with van der Waals surface area (Å²) in [5.74, 6) is 1.14. The molecule has 3 nitrogen and oxygen atoms in total. The molecule has 2 rings (SSSR count). The molecule has 0 aliphatic heterocycles. The van der Waals surface area contributed by atoms with Gasteiger partial charge in [0.15, 0.2) is 5.78 Å². The standard InChI is InChI=1S/C16H15BrO3/c1-10-6-11(4-5-15(10)17)16(18)12-7-13(19-2)9-14(8-12)20-3/h4-9H,1-3H3. The van der Waals surface area contributed by atoms with E-state index in [0.29, 0.717) is 22.6 Å². The van der Waals surface area contributed by atoms with Gasteiger partial charge in [-0.3, -0.25) is 4.79 Å². The van der Waals surface area contributed by atoms with E-state index in [2.05, 4.69) is 15.9 Å². The van der Waals surface area contributed by atoms with Crippen molar-refractivity contribution in [3.63, 3.8) is 0 Å². The third-order valence-corrected chi connectivity index (χ3v) is 3.92. The van der Waals surface area contributed by atoms with Gasteiger partial charge in [0.05, 0.1) is 14.2 Å². The molecule has 20 heavy (non-hydrogen) atoms. The fraction of sp³-hybridized carbons (Fsp3) is 0.188. The number of methoxy groups -OCH3 is 2. The van der Waals surface area contributed by atoms with Gasteiger partial charge in [-0.15, -0.1) is 0 Å². The van der Waals surface area contributed by atoms with Gasteiger partial charge in [-0.25, -0.2) is 0 Å². The van der Waals surface area contributed by atoms with Gasteiger partial charge in [-0.2, -0.15) is 0 Å². The van der Waals surface area contributed by atoms with Crippen molar-refractivity contribution >= 4 is 21.7 Å². The van der Waals surface area contributed by atoms with Crippen LogP contribution in [-0.2, 0) is 0 Å². The first-order valence-electron chi connectivity index (χ1n) is 6.09. The SMILES string of the molecule is COc1cc(OC)cc(C(=O)c2ccc(Br)c(C)c2)c1. The Balaban J connectivity index is 2.44. The van der Waals surface area contributed by atoms with Crippen LogP contribution in [-0.4, -0.2) is 20.0 Å². The molecule has 2 aromatic carbocycles. The fourth-order valence-corrected chi connectivity index (χ4v) is 2.14. The summed E-state index contributed by atoms with van der Waals surface area (Å²) in [5, 5.41) is 0. The number of benzene rings is 2. The summed E-state index contributed by atoms with van der Waals surface area (Å²) in [4.78, 5) is 12.5. The van der Waals surface area contributed by atoms with Gasteiger partial charge < -0.3 is 9.47 Å². The van der Waals surface area contributed by atoms with Gasteiger partial charge in [-0.1, -0.05) is 15.9 Å². The Morgan fingerprint density at radius 1 is 0.950 bits per heavy atom. The number of ketones is 1. The zero-order valence-electron chi connectivity index (χ0n) is 11.6. The fourth-order valence-electron chi connectivity index (χ4n) is 1.89. The van der Waals surface area contributed by atoms with Crippen LogP contribution < -0.4 is 9.47 Å². The van der Waals surface area contributed by atoms with E-state index in [1.54, 1.807) is 38.5 Å². The van der Waals surface area contributed by atoms with Crippen LogP contribution in [0.3, 0.4) is 0 Å². The lowest BCUT2D eigenvalue weighted by atomic mass is 10.0. The van der Waals surface area contributed by atoms with E-state index in [0.717, 1.165) is 10.0 Å². The van der Waals surface area contributed by atoms with E-state index < -0.39 is 0 Å². The molecule has 0 fully saturated rings. The lowest BCUT2D eigenvalue weighted by molar-refractivity contribution is 0.103. The first kappa shape index (κ1) is 14.6. The van der Waals surface area contributed by atoms with Crippen LogP contribution in [0.4, 0.5) is 0 Å². The highest BCUT2D eigenvalue weighted by atomic mass is 79.9. The van der Waals surface area contributed by atoms with Crippen LogP contribution in [0.15, 0.2) is 40.9 Å². The third-order valence-electron chi connectivity index (χ3n) is 3.03. The number of aryl methyl sites for hydroxylation is 1. The van der Waals surface area contributed by atoms with Crippen LogP contribution >= 0.6 is 15.9 Å². The van der Waals surface area contributed by atoms with Gasteiger partial charge in [0.25, 0.3) is 0 Å². The molecular weight excluding hydrogens is 320 g/mol. The third kappa shape index (κ3) is 3.02. The molecule has 0 amide bonds. The molecule has 0 unspecified atom stereocenters. The second kappa shape index (κ2) is 6.09. The summed E-state index contributed by atoms with van der Waals surface area (Å²) in [6.45, 7) is 1.95. The summed E-state index contributed by atoms with van der Waals surface area (Å²) in [6.07, 6.45) is 0. The molecule has 0 N–H and O–H groups in total. The Morgan fingerprint density at radius 3 is 2.05 bits per heavy atom. The molecule has 104 valence electrons. The minimum atomic E-state index is -0.0576. The Morgan fingerprint density at radius 2 is 1.55 bits per heavy atom. The molecule has 0 aromatic heterocycles. The first-order chi connectivity index (χ1) is 9.55. The maximum Gasteiger partial charge on any atom is 0.193 e. The highest BCUT2D eigenvalue weighted by molar-refractivity contribution is 9.10. The maximum absolute atomic E-state index is 12.5. The average molecular weight is 335 g/mol. The van der Waals surface area contributed by atoms with Crippen molar-refractivity contribution in [2.24, 2.45) is 0 Å². The van der Waals surface area contributed by atoms with E-state index in [9.17, 15) is 4.79 Å². The molecule has 0 aliphatic carbocycles. The molecule has 0 spiro atoms. The molecule has 0 atom stereocenters. The lowest BCUT2D eigenvalue weighted by Crippen LogP contribution is -2.03. The zero-order valence-corrected chi connectivity index (χ0v) is 13.2. The summed E-state index contributed by atoms with van der Waals surface area (Å²) >= 11 is 3.43. The number of ether oxygens (including phenoxy) is 2. The number of halogens is 1. The van der Waals surface area contributed by atoms with Crippen molar-refractivity contribution in [2.75, 3.05) is 14.2 Å². The Kier molecular flexibility index (Phi) is 4.45. The highest BCUT2D eigenvalue weighted by Gasteiger charge is 2.13. The van der Waals surface area contributed by atoms with E-state index in [1.165, 1.54) is 0 Å². The highest BCUT2D eigenvalue weighted by Crippen LogP contribution is 2.25. The predicted molar refractivity (Wildman–Crippen MR) is 81.9 cm³/mol. The van der Waals surface area contributed by atoms with Gasteiger partial charge in [0.2, 0.25) is 0 Å². The lowest BCUT2D eigenvalue weighted by Gasteiger charge is -2.08. The van der Waals surface area contributed by atoms with Gasteiger partial charge in [0.1, 0.15) is 11.5 Å². The van der Waals surface area contributed by atoms with E-state index in [1.807, 2.05) is 19.1 Å². The molecule has 0 bridgehead atoms. The molecule has 2 aromatic rings. The van der Waals surface area contributed by atoms with Crippen molar-refractivity contribution < 1.29 is 14.3 Å². The van der Waals surface area contributed by atoms with Crippen molar-refractivity contribution in [1.82, 2.24) is 0 Å². The monoisotopic (exact) mass is 334 g/mol. The van der Waals surface area contributed by atoms with Gasteiger partial charge >= 0.3 is 0 Å².